The van der Waals surface area contributed by atoms with Crippen LogP contribution in [-0.2, 0) is 36.6 Å². The quantitative estimate of drug-likeness (QED) is 0.0364. The lowest BCUT2D eigenvalue weighted by Gasteiger charge is -2.12. The van der Waals surface area contributed by atoms with Gasteiger partial charge in [-0.3, -0.25) is 0 Å². The highest BCUT2D eigenvalue weighted by Gasteiger charge is 2.14. The number of rotatable bonds is 16. The van der Waals surface area contributed by atoms with Crippen LogP contribution in [0.2, 0.25) is 0 Å². The summed E-state index contributed by atoms with van der Waals surface area (Å²) >= 11 is 0. The summed E-state index contributed by atoms with van der Waals surface area (Å²) in [6.07, 6.45) is 2.61. The van der Waals surface area contributed by atoms with E-state index < -0.39 is 17.6 Å². The number of carbonyl (C=O) groups excluding carboxylic acids is 2. The number of hydrogen-bond acceptors (Lipinski definition) is 8. The summed E-state index contributed by atoms with van der Waals surface area (Å²) in [7, 11) is 0. The normalized spacial score (nSPS) is 10.8. The van der Waals surface area contributed by atoms with Crippen LogP contribution in [0.1, 0.15) is 44.7 Å². The van der Waals surface area contributed by atoms with Crippen LogP contribution in [0.4, 0.5) is 0 Å². The van der Waals surface area contributed by atoms with E-state index in [0.29, 0.717) is 66.9 Å². The van der Waals surface area contributed by atoms with Crippen molar-refractivity contribution >= 4 is 22.9 Å². The molecule has 8 heteroatoms. The number of carbonyl (C=O) groups is 2. The Labute approximate surface area is 246 Å². The fourth-order valence-electron chi connectivity index (χ4n) is 4.07. The molecule has 0 amide bonds. The predicted octanol–water partition coefficient (Wildman–Crippen LogP) is 6.49. The van der Waals surface area contributed by atoms with Crippen LogP contribution in [-0.4, -0.2) is 38.6 Å². The van der Waals surface area contributed by atoms with E-state index in [2.05, 4.69) is 19.7 Å². The lowest BCUT2D eigenvalue weighted by molar-refractivity contribution is -0.139. The zero-order valence-electron chi connectivity index (χ0n) is 24.6. The highest BCUT2D eigenvalue weighted by atomic mass is 16.7. The van der Waals surface area contributed by atoms with Crippen molar-refractivity contribution in [1.82, 2.24) is 0 Å². The molecule has 42 heavy (non-hydrogen) atoms. The van der Waals surface area contributed by atoms with Crippen molar-refractivity contribution < 1.29 is 33.0 Å². The minimum absolute atomic E-state index is 0.181. The molecule has 0 unspecified atom stereocenters. The van der Waals surface area contributed by atoms with Gasteiger partial charge in [-0.1, -0.05) is 43.5 Å². The van der Waals surface area contributed by atoms with Gasteiger partial charge >= 0.3 is 17.6 Å². The minimum atomic E-state index is -0.521. The molecule has 0 atom stereocenters. The van der Waals surface area contributed by atoms with E-state index in [-0.39, 0.29) is 19.0 Å². The summed E-state index contributed by atoms with van der Waals surface area (Å²) < 4.78 is 27.3. The van der Waals surface area contributed by atoms with Crippen molar-refractivity contribution in [3.05, 3.63) is 100 Å². The summed E-state index contributed by atoms with van der Waals surface area (Å²) in [5, 5.41) is 0.777. The third kappa shape index (κ3) is 9.68. The third-order valence-corrected chi connectivity index (χ3v) is 6.13. The van der Waals surface area contributed by atoms with Crippen LogP contribution < -0.4 is 10.4 Å². The molecule has 0 N–H and O–H groups in total. The molecule has 0 radical (unpaired) electrons. The molecule has 0 aliphatic rings. The SMILES string of the molecule is C=C(C)COCOCCCc1cc(CCCOC(=O)C(=C)C)cc2cc(-c3ccc(OC(=O)C(=C)C)cc3)c(=O)oc12. The predicted molar refractivity (Wildman–Crippen MR) is 162 cm³/mol. The van der Waals surface area contributed by atoms with E-state index in [1.807, 2.05) is 25.1 Å². The highest BCUT2D eigenvalue weighted by molar-refractivity contribution is 5.89. The monoisotopic (exact) mass is 574 g/mol. The van der Waals surface area contributed by atoms with E-state index in [4.69, 9.17) is 23.4 Å². The van der Waals surface area contributed by atoms with Crippen LogP contribution in [0.25, 0.3) is 22.1 Å². The topological polar surface area (TPSA) is 101 Å². The van der Waals surface area contributed by atoms with Crippen molar-refractivity contribution in [2.24, 2.45) is 0 Å². The second-order valence-electron chi connectivity index (χ2n) is 10.3. The molecule has 222 valence electrons. The first kappa shape index (κ1) is 32.2. The average molecular weight is 575 g/mol. The second kappa shape index (κ2) is 15.7. The minimum Gasteiger partial charge on any atom is -0.462 e. The second-order valence-corrected chi connectivity index (χ2v) is 10.3. The summed E-state index contributed by atoms with van der Waals surface area (Å²) in [5.41, 5.74) is 4.55. The molecule has 0 bridgehead atoms. The van der Waals surface area contributed by atoms with Crippen LogP contribution >= 0.6 is 0 Å². The molecular weight excluding hydrogens is 536 g/mol. The summed E-state index contributed by atoms with van der Waals surface area (Å²) in [5.74, 6) is -0.582. The fraction of sp³-hybridized carbons (Fsp3) is 0.324. The highest BCUT2D eigenvalue weighted by Crippen LogP contribution is 2.28. The third-order valence-electron chi connectivity index (χ3n) is 6.13. The molecule has 0 saturated heterocycles. The number of benzene rings is 2. The Kier molecular flexibility index (Phi) is 12.0. The Bertz CT molecular complexity index is 1510. The van der Waals surface area contributed by atoms with Gasteiger partial charge in [0.15, 0.2) is 0 Å². The molecule has 0 fully saturated rings. The number of ether oxygens (including phenoxy) is 4. The Hall–Kier alpha value is -4.27. The van der Waals surface area contributed by atoms with Gasteiger partial charge in [-0.25, -0.2) is 14.4 Å². The molecule has 0 saturated carbocycles. The molecule has 8 nitrogen and oxygen atoms in total. The number of hydrogen-bond donors (Lipinski definition) is 0. The molecule has 0 aliphatic heterocycles. The first-order valence-electron chi connectivity index (χ1n) is 13.8. The lowest BCUT2D eigenvalue weighted by Crippen LogP contribution is -2.08. The van der Waals surface area contributed by atoms with Gasteiger partial charge < -0.3 is 23.4 Å². The Morgan fingerprint density at radius 2 is 1.52 bits per heavy atom. The summed E-state index contributed by atoms with van der Waals surface area (Å²) in [6, 6.07) is 12.5. The zero-order valence-corrected chi connectivity index (χ0v) is 24.6. The molecule has 1 aromatic heterocycles. The van der Waals surface area contributed by atoms with Crippen molar-refractivity contribution in [2.75, 3.05) is 26.6 Å². The lowest BCUT2D eigenvalue weighted by atomic mass is 9.98. The van der Waals surface area contributed by atoms with Gasteiger partial charge in [0.1, 0.15) is 18.1 Å². The number of esters is 2. The van der Waals surface area contributed by atoms with E-state index in [1.165, 1.54) is 0 Å². The number of fused-ring (bicyclic) bond motifs is 1. The van der Waals surface area contributed by atoms with Crippen molar-refractivity contribution in [3.8, 4) is 16.9 Å². The fourth-order valence-corrected chi connectivity index (χ4v) is 4.07. The van der Waals surface area contributed by atoms with Crippen LogP contribution in [0.3, 0.4) is 0 Å². The summed E-state index contributed by atoms with van der Waals surface area (Å²) in [6.45, 7) is 17.4. The van der Waals surface area contributed by atoms with E-state index in [0.717, 1.165) is 22.1 Å². The van der Waals surface area contributed by atoms with Gasteiger partial charge in [-0.2, -0.15) is 0 Å². The van der Waals surface area contributed by atoms with Crippen molar-refractivity contribution in [3.63, 3.8) is 0 Å². The van der Waals surface area contributed by atoms with Gasteiger partial charge in [0, 0.05) is 23.1 Å². The van der Waals surface area contributed by atoms with Gasteiger partial charge in [-0.05, 0) is 87.4 Å². The molecule has 0 aliphatic carbocycles. The van der Waals surface area contributed by atoms with E-state index in [1.54, 1.807) is 38.1 Å². The maximum Gasteiger partial charge on any atom is 0.344 e. The molecule has 3 rings (SSSR count). The first-order chi connectivity index (χ1) is 20.0. The maximum absolute atomic E-state index is 13.1. The van der Waals surface area contributed by atoms with E-state index in [9.17, 15) is 14.4 Å². The first-order valence-corrected chi connectivity index (χ1v) is 13.8. The average Bonchev–Trinajstić information content (AvgIpc) is 2.94. The largest absolute Gasteiger partial charge is 0.462 e. The van der Waals surface area contributed by atoms with Crippen LogP contribution in [0.15, 0.2) is 88.1 Å². The molecule has 2 aromatic carbocycles. The van der Waals surface area contributed by atoms with Gasteiger partial charge in [0.05, 0.1) is 18.8 Å². The zero-order chi connectivity index (χ0) is 30.6. The standard InChI is InChI=1S/C34H38O8/c1-22(2)20-39-21-38-15-8-10-27-17-25(9-7-16-40-32(35)23(3)4)18-28-19-30(34(37)42-31(27)28)26-11-13-29(14-12-26)41-33(36)24(5)6/h11-14,17-19H,1,3,5,7-10,15-16,20-21H2,2,4,6H3. The summed E-state index contributed by atoms with van der Waals surface area (Å²) in [4.78, 5) is 36.6. The molecule has 1 heterocycles. The Morgan fingerprint density at radius 3 is 2.19 bits per heavy atom. The van der Waals surface area contributed by atoms with Gasteiger partial charge in [-0.15, -0.1) is 0 Å². The van der Waals surface area contributed by atoms with Gasteiger partial charge in [0.2, 0.25) is 0 Å². The van der Waals surface area contributed by atoms with E-state index >= 15 is 0 Å². The van der Waals surface area contributed by atoms with Crippen molar-refractivity contribution in [1.29, 1.82) is 0 Å². The van der Waals surface area contributed by atoms with Crippen LogP contribution in [0, 0.1) is 0 Å². The maximum atomic E-state index is 13.1. The molecular formula is C34H38O8. The molecule has 0 spiro atoms. The van der Waals surface area contributed by atoms with Crippen LogP contribution in [0.5, 0.6) is 5.75 Å². The van der Waals surface area contributed by atoms with Crippen molar-refractivity contribution in [2.45, 2.75) is 46.5 Å². The number of aryl methyl sites for hydroxylation is 2. The Morgan fingerprint density at radius 1 is 0.833 bits per heavy atom. The Balaban J connectivity index is 1.83. The smallest absolute Gasteiger partial charge is 0.344 e. The molecule has 3 aromatic rings. The van der Waals surface area contributed by atoms with Gasteiger partial charge in [0.25, 0.3) is 0 Å².